The molecule has 0 spiro atoms. The molecule has 0 aliphatic rings. The van der Waals surface area contributed by atoms with Crippen LogP contribution in [0, 0.1) is 5.82 Å². The number of nitrogens with zero attached hydrogens (tertiary/aromatic N) is 1. The Morgan fingerprint density at radius 2 is 2.00 bits per heavy atom. The molecular weight excluding hydrogens is 221 g/mol. The zero-order chi connectivity index (χ0) is 11.7. The number of halogens is 3. The minimum Gasteiger partial charge on any atom is -0.368 e. The Kier molecular flexibility index (Phi) is 2.55. The van der Waals surface area contributed by atoms with Gasteiger partial charge in [-0.15, -0.1) is 0 Å². The van der Waals surface area contributed by atoms with Gasteiger partial charge in [0.2, 0.25) is 5.88 Å². The summed E-state index contributed by atoms with van der Waals surface area (Å²) in [5.41, 5.74) is 5.02. The van der Waals surface area contributed by atoms with Gasteiger partial charge in [-0.25, -0.2) is 13.2 Å². The Labute approximate surface area is 88.7 Å². The molecule has 0 fully saturated rings. The fourth-order valence-electron chi connectivity index (χ4n) is 1.29. The van der Waals surface area contributed by atoms with Crippen LogP contribution >= 0.6 is 0 Å². The zero-order valence-electron chi connectivity index (χ0n) is 7.95. The standard InChI is InChI=1S/C10H7F3N2O/c11-7-2-1-5(10(12)13)3-6(7)8-4-9(14)16-15-8/h1-4,10H,14H2. The van der Waals surface area contributed by atoms with Crippen molar-refractivity contribution in [2.45, 2.75) is 6.43 Å². The number of alkyl halides is 2. The van der Waals surface area contributed by atoms with E-state index in [0.717, 1.165) is 18.2 Å². The van der Waals surface area contributed by atoms with Crippen LogP contribution in [0.3, 0.4) is 0 Å². The smallest absolute Gasteiger partial charge is 0.263 e. The number of aromatic nitrogens is 1. The van der Waals surface area contributed by atoms with E-state index in [0.29, 0.717) is 0 Å². The van der Waals surface area contributed by atoms with Crippen molar-refractivity contribution in [2.24, 2.45) is 0 Å². The molecule has 1 aromatic carbocycles. The van der Waals surface area contributed by atoms with Crippen LogP contribution in [0.5, 0.6) is 0 Å². The molecule has 16 heavy (non-hydrogen) atoms. The molecule has 0 bridgehead atoms. The van der Waals surface area contributed by atoms with Gasteiger partial charge in [-0.05, 0) is 12.1 Å². The van der Waals surface area contributed by atoms with Gasteiger partial charge in [0.05, 0.1) is 0 Å². The normalized spacial score (nSPS) is 11.0. The summed E-state index contributed by atoms with van der Waals surface area (Å²) in [6.07, 6.45) is -2.66. The number of benzene rings is 1. The van der Waals surface area contributed by atoms with Crippen molar-refractivity contribution in [3.63, 3.8) is 0 Å². The van der Waals surface area contributed by atoms with Gasteiger partial charge >= 0.3 is 0 Å². The third-order valence-electron chi connectivity index (χ3n) is 2.05. The first-order valence-electron chi connectivity index (χ1n) is 4.38. The van der Waals surface area contributed by atoms with E-state index >= 15 is 0 Å². The van der Waals surface area contributed by atoms with E-state index in [9.17, 15) is 13.2 Å². The molecule has 2 N–H and O–H groups in total. The number of nitrogen functional groups attached to an aromatic ring is 1. The van der Waals surface area contributed by atoms with Crippen LogP contribution in [0.15, 0.2) is 28.8 Å². The molecule has 0 aliphatic carbocycles. The first-order valence-corrected chi connectivity index (χ1v) is 4.38. The van der Waals surface area contributed by atoms with Crippen molar-refractivity contribution in [1.29, 1.82) is 0 Å². The van der Waals surface area contributed by atoms with Crippen LogP contribution < -0.4 is 5.73 Å². The molecule has 1 heterocycles. The molecule has 6 heteroatoms. The van der Waals surface area contributed by atoms with E-state index in [1.54, 1.807) is 0 Å². The maximum atomic E-state index is 13.4. The van der Waals surface area contributed by atoms with Gasteiger partial charge in [0.1, 0.15) is 11.5 Å². The Morgan fingerprint density at radius 3 is 2.56 bits per heavy atom. The summed E-state index contributed by atoms with van der Waals surface area (Å²) in [5, 5.41) is 3.46. The third-order valence-corrected chi connectivity index (χ3v) is 2.05. The summed E-state index contributed by atoms with van der Waals surface area (Å²) in [4.78, 5) is 0. The van der Waals surface area contributed by atoms with Gasteiger partial charge in [0, 0.05) is 17.2 Å². The number of hydrogen-bond donors (Lipinski definition) is 1. The molecule has 0 saturated carbocycles. The summed E-state index contributed by atoms with van der Waals surface area (Å²) < 4.78 is 42.7. The predicted octanol–water partition coefficient (Wildman–Crippen LogP) is 3.00. The van der Waals surface area contributed by atoms with E-state index in [1.165, 1.54) is 6.07 Å². The van der Waals surface area contributed by atoms with Crippen LogP contribution in [-0.4, -0.2) is 5.16 Å². The van der Waals surface area contributed by atoms with Crippen LogP contribution in [0.1, 0.15) is 12.0 Å². The number of anilines is 1. The molecule has 0 aliphatic heterocycles. The lowest BCUT2D eigenvalue weighted by atomic mass is 10.1. The first kappa shape index (κ1) is 10.5. The average molecular weight is 228 g/mol. The molecule has 0 amide bonds. The average Bonchev–Trinajstić information content (AvgIpc) is 2.65. The largest absolute Gasteiger partial charge is 0.368 e. The Balaban J connectivity index is 2.51. The Morgan fingerprint density at radius 1 is 1.25 bits per heavy atom. The second-order valence-corrected chi connectivity index (χ2v) is 3.15. The Bertz CT molecular complexity index is 511. The lowest BCUT2D eigenvalue weighted by Crippen LogP contribution is -1.90. The quantitative estimate of drug-likeness (QED) is 0.859. The van der Waals surface area contributed by atoms with E-state index in [2.05, 4.69) is 9.68 Å². The molecule has 0 radical (unpaired) electrons. The van der Waals surface area contributed by atoms with Crippen molar-refractivity contribution >= 4 is 5.88 Å². The highest BCUT2D eigenvalue weighted by atomic mass is 19.3. The third kappa shape index (κ3) is 1.86. The molecule has 2 aromatic rings. The van der Waals surface area contributed by atoms with Crippen LogP contribution in [0.4, 0.5) is 19.1 Å². The highest BCUT2D eigenvalue weighted by molar-refractivity contribution is 5.62. The van der Waals surface area contributed by atoms with Gasteiger partial charge in [-0.2, -0.15) is 0 Å². The highest BCUT2D eigenvalue weighted by Crippen LogP contribution is 2.28. The summed E-state index contributed by atoms with van der Waals surface area (Å²) in [7, 11) is 0. The fraction of sp³-hybridized carbons (Fsp3) is 0.100. The van der Waals surface area contributed by atoms with Crippen LogP contribution in [-0.2, 0) is 0 Å². The van der Waals surface area contributed by atoms with Gasteiger partial charge in [0.15, 0.2) is 0 Å². The van der Waals surface area contributed by atoms with Gasteiger partial charge in [-0.1, -0.05) is 11.2 Å². The summed E-state index contributed by atoms with van der Waals surface area (Å²) in [6.45, 7) is 0. The van der Waals surface area contributed by atoms with Gasteiger partial charge < -0.3 is 10.3 Å². The van der Waals surface area contributed by atoms with Crippen molar-refractivity contribution in [3.05, 3.63) is 35.6 Å². The predicted molar refractivity (Wildman–Crippen MR) is 51.3 cm³/mol. The molecule has 0 atom stereocenters. The summed E-state index contributed by atoms with van der Waals surface area (Å²) in [6, 6.07) is 4.28. The lowest BCUT2D eigenvalue weighted by Gasteiger charge is -2.03. The highest BCUT2D eigenvalue weighted by Gasteiger charge is 2.14. The topological polar surface area (TPSA) is 52.0 Å². The molecule has 3 nitrogen and oxygen atoms in total. The Hall–Kier alpha value is -1.98. The molecule has 0 unspecified atom stereocenters. The summed E-state index contributed by atoms with van der Waals surface area (Å²) in [5.74, 6) is -0.658. The van der Waals surface area contributed by atoms with E-state index in [4.69, 9.17) is 5.73 Å². The minimum absolute atomic E-state index is 0.00292. The monoisotopic (exact) mass is 228 g/mol. The van der Waals surface area contributed by atoms with Crippen molar-refractivity contribution < 1.29 is 17.7 Å². The second kappa shape index (κ2) is 3.88. The van der Waals surface area contributed by atoms with Crippen molar-refractivity contribution in [1.82, 2.24) is 5.16 Å². The van der Waals surface area contributed by atoms with Crippen molar-refractivity contribution in [3.8, 4) is 11.3 Å². The first-order chi connectivity index (χ1) is 7.58. The SMILES string of the molecule is Nc1cc(-c2cc(C(F)F)ccc2F)no1. The van der Waals surface area contributed by atoms with Crippen molar-refractivity contribution in [2.75, 3.05) is 5.73 Å². The zero-order valence-corrected chi connectivity index (χ0v) is 7.95. The number of hydrogen-bond acceptors (Lipinski definition) is 3. The molecule has 1 aromatic heterocycles. The maximum absolute atomic E-state index is 13.4. The summed E-state index contributed by atoms with van der Waals surface area (Å²) >= 11 is 0. The maximum Gasteiger partial charge on any atom is 0.263 e. The lowest BCUT2D eigenvalue weighted by molar-refractivity contribution is 0.151. The second-order valence-electron chi connectivity index (χ2n) is 3.15. The minimum atomic E-state index is -2.66. The van der Waals surface area contributed by atoms with E-state index < -0.39 is 12.2 Å². The number of nitrogens with two attached hydrogens (primary N) is 1. The van der Waals surface area contributed by atoms with Gasteiger partial charge in [0.25, 0.3) is 6.43 Å². The molecule has 2 rings (SSSR count). The van der Waals surface area contributed by atoms with Crippen LogP contribution in [0.25, 0.3) is 11.3 Å². The fourth-order valence-corrected chi connectivity index (χ4v) is 1.29. The van der Waals surface area contributed by atoms with Crippen LogP contribution in [0.2, 0.25) is 0 Å². The molecular formula is C10H7F3N2O. The van der Waals surface area contributed by atoms with Gasteiger partial charge in [-0.3, -0.25) is 0 Å². The molecule has 0 saturated heterocycles. The van der Waals surface area contributed by atoms with E-state index in [1.807, 2.05) is 0 Å². The van der Waals surface area contributed by atoms with E-state index in [-0.39, 0.29) is 22.7 Å². The number of rotatable bonds is 2. The molecule has 84 valence electrons.